The van der Waals surface area contributed by atoms with Crippen molar-refractivity contribution in [3.05, 3.63) is 23.2 Å². The molecular formula is C18H25ClN2O6S. The normalized spacial score (nSPS) is 16.5. The van der Waals surface area contributed by atoms with Gasteiger partial charge < -0.3 is 14.4 Å². The van der Waals surface area contributed by atoms with Crippen molar-refractivity contribution in [2.45, 2.75) is 37.6 Å². The van der Waals surface area contributed by atoms with Crippen LogP contribution in [0.2, 0.25) is 5.02 Å². The molecule has 0 aliphatic carbocycles. The molecule has 8 nitrogen and oxygen atoms in total. The number of nitrogens with one attached hydrogen (secondary N) is 1. The zero-order valence-electron chi connectivity index (χ0n) is 16.1. The summed E-state index contributed by atoms with van der Waals surface area (Å²) in [6.45, 7) is 4.32. The molecule has 156 valence electrons. The predicted molar refractivity (Wildman–Crippen MR) is 104 cm³/mol. The SMILES string of the molecule is CCOC(=O)C1CCN(C(=O)[C@@H](C)NS(=O)(=O)c2ccc(OC)c(Cl)c2)CC1. The summed E-state index contributed by atoms with van der Waals surface area (Å²) in [5.41, 5.74) is 0. The standard InChI is InChI=1S/C18H25ClN2O6S/c1-4-27-18(23)13-7-9-21(10-8-13)17(22)12(2)20-28(24,25)14-5-6-16(26-3)15(19)11-14/h5-6,11-13,20H,4,7-10H2,1-3H3/t12-/m1/s1. The molecule has 1 aliphatic heterocycles. The minimum absolute atomic E-state index is 0.0565. The third-order valence-electron chi connectivity index (χ3n) is 4.56. The quantitative estimate of drug-likeness (QED) is 0.659. The van der Waals surface area contributed by atoms with Gasteiger partial charge in [-0.1, -0.05) is 11.6 Å². The first-order valence-corrected chi connectivity index (χ1v) is 10.9. The summed E-state index contributed by atoms with van der Waals surface area (Å²) >= 11 is 5.99. The molecule has 0 aromatic heterocycles. The fraction of sp³-hybridized carbons (Fsp3) is 0.556. The van der Waals surface area contributed by atoms with E-state index in [1.807, 2.05) is 0 Å². The average molecular weight is 433 g/mol. The highest BCUT2D eigenvalue weighted by atomic mass is 35.5. The zero-order chi connectivity index (χ0) is 20.9. The van der Waals surface area contributed by atoms with Crippen LogP contribution >= 0.6 is 11.6 Å². The van der Waals surface area contributed by atoms with Crippen LogP contribution < -0.4 is 9.46 Å². The van der Waals surface area contributed by atoms with E-state index in [1.54, 1.807) is 11.8 Å². The lowest BCUT2D eigenvalue weighted by molar-refractivity contribution is -0.151. The molecule has 1 fully saturated rings. The molecule has 28 heavy (non-hydrogen) atoms. The molecule has 1 N–H and O–H groups in total. The average Bonchev–Trinajstić information content (AvgIpc) is 2.67. The largest absolute Gasteiger partial charge is 0.495 e. The lowest BCUT2D eigenvalue weighted by Gasteiger charge is -2.32. The maximum atomic E-state index is 12.6. The second kappa shape index (κ2) is 9.58. The molecule has 1 aromatic rings. The molecule has 0 radical (unpaired) electrons. The van der Waals surface area contributed by atoms with Crippen LogP contribution in [0.25, 0.3) is 0 Å². The third-order valence-corrected chi connectivity index (χ3v) is 6.40. The van der Waals surface area contributed by atoms with E-state index >= 15 is 0 Å². The van der Waals surface area contributed by atoms with Crippen molar-refractivity contribution in [1.82, 2.24) is 9.62 Å². The number of amides is 1. The summed E-state index contributed by atoms with van der Waals surface area (Å²) in [5, 5.41) is 0.158. The molecule has 1 heterocycles. The number of hydrogen-bond acceptors (Lipinski definition) is 6. The van der Waals surface area contributed by atoms with Crippen molar-refractivity contribution >= 4 is 33.5 Å². The van der Waals surface area contributed by atoms with Crippen molar-refractivity contribution in [3.63, 3.8) is 0 Å². The third kappa shape index (κ3) is 5.36. The number of esters is 1. The lowest BCUT2D eigenvalue weighted by Crippen LogP contribution is -2.49. The minimum Gasteiger partial charge on any atom is -0.495 e. The van der Waals surface area contributed by atoms with Crippen molar-refractivity contribution in [3.8, 4) is 5.75 Å². The number of methoxy groups -OCH3 is 1. The van der Waals surface area contributed by atoms with Gasteiger partial charge in [-0.25, -0.2) is 8.42 Å². The van der Waals surface area contributed by atoms with Gasteiger partial charge in [-0.15, -0.1) is 0 Å². The van der Waals surface area contributed by atoms with Gasteiger partial charge in [0, 0.05) is 13.1 Å². The molecule has 2 rings (SSSR count). The monoisotopic (exact) mass is 432 g/mol. The molecular weight excluding hydrogens is 408 g/mol. The topological polar surface area (TPSA) is 102 Å². The number of sulfonamides is 1. The number of carbonyl (C=O) groups excluding carboxylic acids is 2. The van der Waals surface area contributed by atoms with Gasteiger partial charge in [-0.3, -0.25) is 9.59 Å². The highest BCUT2D eigenvalue weighted by Gasteiger charge is 2.31. The fourth-order valence-corrected chi connectivity index (χ4v) is 4.58. The maximum absolute atomic E-state index is 12.6. The molecule has 1 atom stereocenters. The van der Waals surface area contributed by atoms with Crippen LogP contribution in [0, 0.1) is 5.92 Å². The molecule has 1 amide bonds. The van der Waals surface area contributed by atoms with Crippen LogP contribution in [0.1, 0.15) is 26.7 Å². The highest BCUT2D eigenvalue weighted by Crippen LogP contribution is 2.27. The first-order chi connectivity index (χ1) is 13.2. The molecule has 0 bridgehead atoms. The van der Waals surface area contributed by atoms with E-state index in [1.165, 1.54) is 32.2 Å². The van der Waals surface area contributed by atoms with E-state index in [-0.39, 0.29) is 27.7 Å². The Kier molecular flexibility index (Phi) is 7.68. The van der Waals surface area contributed by atoms with Crippen molar-refractivity contribution < 1.29 is 27.5 Å². The lowest BCUT2D eigenvalue weighted by atomic mass is 9.96. The highest BCUT2D eigenvalue weighted by molar-refractivity contribution is 7.89. The number of hydrogen-bond donors (Lipinski definition) is 1. The Morgan fingerprint density at radius 3 is 2.50 bits per heavy atom. The molecule has 10 heteroatoms. The Morgan fingerprint density at radius 2 is 1.96 bits per heavy atom. The summed E-state index contributed by atoms with van der Waals surface area (Å²) in [4.78, 5) is 25.9. The van der Waals surface area contributed by atoms with Crippen molar-refractivity contribution in [2.75, 3.05) is 26.8 Å². The Morgan fingerprint density at radius 1 is 1.32 bits per heavy atom. The predicted octanol–water partition coefficient (Wildman–Crippen LogP) is 1.82. The molecule has 1 aromatic carbocycles. The van der Waals surface area contributed by atoms with Gasteiger partial charge in [0.25, 0.3) is 0 Å². The van der Waals surface area contributed by atoms with Gasteiger partial charge in [0.2, 0.25) is 15.9 Å². The Bertz CT molecular complexity index is 821. The number of nitrogens with zero attached hydrogens (tertiary/aromatic N) is 1. The Balaban J connectivity index is 1.98. The van der Waals surface area contributed by atoms with Crippen molar-refractivity contribution in [2.24, 2.45) is 5.92 Å². The molecule has 0 saturated carbocycles. The van der Waals surface area contributed by atoms with Crippen LogP contribution in [-0.2, 0) is 24.3 Å². The van der Waals surface area contributed by atoms with Gasteiger partial charge in [-0.05, 0) is 44.9 Å². The van der Waals surface area contributed by atoms with Gasteiger partial charge in [0.1, 0.15) is 5.75 Å². The second-order valence-corrected chi connectivity index (χ2v) is 8.61. The van der Waals surface area contributed by atoms with Gasteiger partial charge in [-0.2, -0.15) is 4.72 Å². The molecule has 0 unspecified atom stereocenters. The van der Waals surface area contributed by atoms with E-state index in [2.05, 4.69) is 4.72 Å². The zero-order valence-corrected chi connectivity index (χ0v) is 17.7. The maximum Gasteiger partial charge on any atom is 0.309 e. The van der Waals surface area contributed by atoms with Crippen LogP contribution in [-0.4, -0.2) is 58.0 Å². The number of ether oxygens (including phenoxy) is 2. The number of likely N-dealkylation sites (tertiary alicyclic amines) is 1. The van der Waals surface area contributed by atoms with E-state index in [4.69, 9.17) is 21.1 Å². The first-order valence-electron chi connectivity index (χ1n) is 9.01. The van der Waals surface area contributed by atoms with Gasteiger partial charge >= 0.3 is 5.97 Å². The van der Waals surface area contributed by atoms with Crippen molar-refractivity contribution in [1.29, 1.82) is 0 Å². The number of piperidine rings is 1. The second-order valence-electron chi connectivity index (χ2n) is 6.49. The fourth-order valence-electron chi connectivity index (χ4n) is 3.03. The van der Waals surface area contributed by atoms with E-state index in [0.717, 1.165) is 0 Å². The van der Waals surface area contributed by atoms with Crippen LogP contribution in [0.3, 0.4) is 0 Å². The van der Waals surface area contributed by atoms with Gasteiger partial charge in [0.05, 0.1) is 35.6 Å². The summed E-state index contributed by atoms with van der Waals surface area (Å²) in [5.74, 6) is -0.461. The molecule has 0 spiro atoms. The van der Waals surface area contributed by atoms with E-state index in [0.29, 0.717) is 38.3 Å². The summed E-state index contributed by atoms with van der Waals surface area (Å²) in [6, 6.07) is 3.12. The summed E-state index contributed by atoms with van der Waals surface area (Å²) < 4.78 is 37.5. The first kappa shape index (κ1) is 22.4. The number of rotatable bonds is 7. The molecule has 1 aliphatic rings. The Labute approximate surface area is 170 Å². The number of halogens is 1. The van der Waals surface area contributed by atoms with Crippen LogP contribution in [0.15, 0.2) is 23.1 Å². The minimum atomic E-state index is -3.93. The van der Waals surface area contributed by atoms with Gasteiger partial charge in [0.15, 0.2) is 0 Å². The Hall–Kier alpha value is -1.84. The van der Waals surface area contributed by atoms with E-state index in [9.17, 15) is 18.0 Å². The van der Waals surface area contributed by atoms with Crippen LogP contribution in [0.5, 0.6) is 5.75 Å². The number of carbonyl (C=O) groups is 2. The summed E-state index contributed by atoms with van der Waals surface area (Å²) in [7, 11) is -2.50. The summed E-state index contributed by atoms with van der Waals surface area (Å²) in [6.07, 6.45) is 0.996. The number of benzene rings is 1. The van der Waals surface area contributed by atoms with Crippen LogP contribution in [0.4, 0.5) is 0 Å². The molecule has 1 saturated heterocycles. The smallest absolute Gasteiger partial charge is 0.309 e. The van der Waals surface area contributed by atoms with E-state index < -0.39 is 16.1 Å².